The highest BCUT2D eigenvalue weighted by molar-refractivity contribution is 6.67. The molecule has 0 saturated carbocycles. The predicted molar refractivity (Wildman–Crippen MR) is 134 cm³/mol. The van der Waals surface area contributed by atoms with Crippen molar-refractivity contribution in [2.75, 3.05) is 18.0 Å². The number of rotatable bonds is 2. The standard InChI is InChI=1S/C27H28BF4N3/c1-17-12-19(3)34-24(17)16-25-18(2)13-23(35(25)28(34,32)27(29,30)31)9-8-20-14-21-6-4-10-33-11-5-7-22(15-20)26(21)33/h8-9,12-16H,4-7,10-11H2,1-3H3/b9-8+. The lowest BCUT2D eigenvalue weighted by molar-refractivity contribution is -0.373. The van der Waals surface area contributed by atoms with Crippen molar-refractivity contribution in [3.05, 3.63) is 75.3 Å². The summed E-state index contributed by atoms with van der Waals surface area (Å²) in [6.07, 6.45) is 5.96. The molecule has 0 bridgehead atoms. The van der Waals surface area contributed by atoms with Crippen LogP contribution in [0.5, 0.6) is 0 Å². The van der Waals surface area contributed by atoms with E-state index in [1.54, 1.807) is 38.1 Å². The zero-order chi connectivity index (χ0) is 24.7. The van der Waals surface area contributed by atoms with Gasteiger partial charge in [0.05, 0.1) is 0 Å². The van der Waals surface area contributed by atoms with Gasteiger partial charge in [0.25, 0.3) is 0 Å². The molecule has 4 aliphatic rings. The number of fused-ring (bicyclic) bond motifs is 2. The summed E-state index contributed by atoms with van der Waals surface area (Å²) in [5.41, 5.74) is 7.20. The molecule has 0 radical (unpaired) electrons. The van der Waals surface area contributed by atoms with Crippen molar-refractivity contribution >= 4 is 30.2 Å². The quantitative estimate of drug-likeness (QED) is 0.370. The first-order valence-electron chi connectivity index (χ1n) is 12.3. The first-order valence-corrected chi connectivity index (χ1v) is 12.3. The molecule has 1 unspecified atom stereocenters. The molecule has 1 atom stereocenters. The van der Waals surface area contributed by atoms with E-state index in [1.807, 2.05) is 6.08 Å². The van der Waals surface area contributed by atoms with E-state index in [2.05, 4.69) is 17.0 Å². The first-order chi connectivity index (χ1) is 16.6. The Labute approximate surface area is 202 Å². The van der Waals surface area contributed by atoms with Crippen molar-refractivity contribution in [1.82, 2.24) is 4.48 Å². The Kier molecular flexibility index (Phi) is 4.80. The molecule has 0 saturated heterocycles. The molecule has 8 heteroatoms. The van der Waals surface area contributed by atoms with Crippen LogP contribution < -0.4 is 4.90 Å². The Bertz CT molecular complexity index is 1360. The molecule has 0 aliphatic carbocycles. The van der Waals surface area contributed by atoms with Crippen LogP contribution in [-0.4, -0.2) is 40.5 Å². The molecular formula is C27H28BF4N3. The van der Waals surface area contributed by atoms with Gasteiger partial charge >= 0.3 is 12.8 Å². The summed E-state index contributed by atoms with van der Waals surface area (Å²) in [5, 5.41) is 0. The number of anilines is 1. The molecular weight excluding hydrogens is 453 g/mol. The van der Waals surface area contributed by atoms with Crippen LogP contribution in [0.3, 0.4) is 0 Å². The van der Waals surface area contributed by atoms with Gasteiger partial charge in [-0.05, 0) is 98.7 Å². The molecule has 1 aromatic heterocycles. The number of halogens is 4. The topological polar surface area (TPSA) is 11.2 Å². The van der Waals surface area contributed by atoms with Crippen molar-refractivity contribution in [3.63, 3.8) is 0 Å². The average molecular weight is 481 g/mol. The van der Waals surface area contributed by atoms with Crippen molar-refractivity contribution < 1.29 is 22.0 Å². The maximum atomic E-state index is 16.5. The Morgan fingerprint density at radius 3 is 2.23 bits per heavy atom. The minimum atomic E-state index is -5.08. The molecule has 182 valence electrons. The predicted octanol–water partition coefficient (Wildman–Crippen LogP) is 6.14. The maximum Gasteiger partial charge on any atom is 0.649 e. The fourth-order valence-electron chi connectivity index (χ4n) is 6.51. The van der Waals surface area contributed by atoms with Gasteiger partial charge in [-0.1, -0.05) is 0 Å². The molecule has 3 nitrogen and oxygen atoms in total. The molecule has 2 aromatic rings. The second kappa shape index (κ2) is 7.49. The van der Waals surface area contributed by atoms with Crippen LogP contribution in [0.2, 0.25) is 0 Å². The van der Waals surface area contributed by atoms with Crippen molar-refractivity contribution in [3.8, 4) is 0 Å². The molecule has 6 rings (SSSR count). The zero-order valence-corrected chi connectivity index (χ0v) is 20.2. The second-order valence-corrected chi connectivity index (χ2v) is 10.3. The van der Waals surface area contributed by atoms with E-state index < -0.39 is 12.8 Å². The van der Waals surface area contributed by atoms with Crippen molar-refractivity contribution in [1.29, 1.82) is 0 Å². The van der Waals surface area contributed by atoms with Gasteiger partial charge < -0.3 is 18.2 Å². The molecule has 4 aliphatic heterocycles. The summed E-state index contributed by atoms with van der Waals surface area (Å²) in [5.74, 6) is 0. The molecule has 0 fully saturated rings. The molecule has 35 heavy (non-hydrogen) atoms. The van der Waals surface area contributed by atoms with Gasteiger partial charge in [-0.3, -0.25) is 0 Å². The Hall–Kier alpha value is -3.03. The average Bonchev–Trinajstić information content (AvgIpc) is 3.28. The summed E-state index contributed by atoms with van der Waals surface area (Å²) in [4.78, 5) is 2.45. The van der Waals surface area contributed by atoms with E-state index in [1.165, 1.54) is 23.7 Å². The van der Waals surface area contributed by atoms with Gasteiger partial charge in [-0.2, -0.15) is 13.2 Å². The number of alkyl halides is 3. The minimum absolute atomic E-state index is 0.220. The number of hydrogen-bond acceptors (Lipinski definition) is 1. The lowest BCUT2D eigenvalue weighted by Gasteiger charge is -2.38. The number of aryl methyl sites for hydroxylation is 4. The largest absolute Gasteiger partial charge is 0.649 e. The molecule has 5 heterocycles. The van der Waals surface area contributed by atoms with Gasteiger partial charge in [-0.25, -0.2) is 0 Å². The van der Waals surface area contributed by atoms with E-state index in [-0.39, 0.29) is 22.8 Å². The van der Waals surface area contributed by atoms with Crippen LogP contribution in [0.25, 0.3) is 12.2 Å². The van der Waals surface area contributed by atoms with Gasteiger partial charge in [0.2, 0.25) is 0 Å². The van der Waals surface area contributed by atoms with E-state index >= 15 is 4.32 Å². The third-order valence-electron chi connectivity index (χ3n) is 7.95. The van der Waals surface area contributed by atoms with E-state index in [0.29, 0.717) is 11.1 Å². The first kappa shape index (κ1) is 22.4. The van der Waals surface area contributed by atoms with Crippen LogP contribution in [0.15, 0.2) is 41.6 Å². The summed E-state index contributed by atoms with van der Waals surface area (Å²) in [6.45, 7) is 2.58. The third-order valence-corrected chi connectivity index (χ3v) is 7.95. The number of allylic oxidation sites excluding steroid dienone is 3. The second-order valence-electron chi connectivity index (χ2n) is 10.3. The lowest BCUT2D eigenvalue weighted by Crippen LogP contribution is -2.64. The van der Waals surface area contributed by atoms with Crippen LogP contribution in [0.4, 0.5) is 23.2 Å². The number of benzene rings is 1. The number of nitrogens with zero attached hydrogens (tertiary/aromatic N) is 3. The maximum absolute atomic E-state index is 16.5. The van der Waals surface area contributed by atoms with Crippen LogP contribution in [-0.2, 0) is 12.8 Å². The third kappa shape index (κ3) is 3.14. The highest BCUT2D eigenvalue weighted by Crippen LogP contribution is 2.43. The minimum Gasteiger partial charge on any atom is -0.422 e. The van der Waals surface area contributed by atoms with E-state index in [0.717, 1.165) is 53.3 Å². The smallest absolute Gasteiger partial charge is 0.422 e. The summed E-state index contributed by atoms with van der Waals surface area (Å²) >= 11 is 0. The Balaban J connectivity index is 1.49. The van der Waals surface area contributed by atoms with Gasteiger partial charge in [0.1, 0.15) is 0 Å². The summed E-state index contributed by atoms with van der Waals surface area (Å²) in [6, 6.07) is 5.90. The fraction of sp³-hybridized carbons (Fsp3) is 0.370. The van der Waals surface area contributed by atoms with Crippen molar-refractivity contribution in [2.24, 2.45) is 0 Å². The number of aromatic nitrogens is 1. The molecule has 0 N–H and O–H groups in total. The lowest BCUT2D eigenvalue weighted by atomic mass is 9.64. The molecule has 0 amide bonds. The van der Waals surface area contributed by atoms with Gasteiger partial charge in [0, 0.05) is 48.3 Å². The zero-order valence-electron chi connectivity index (χ0n) is 20.2. The summed E-state index contributed by atoms with van der Waals surface area (Å²) < 4.78 is 61.8. The van der Waals surface area contributed by atoms with Crippen LogP contribution in [0, 0.1) is 13.8 Å². The number of hydrogen-bond donors (Lipinski definition) is 0. The highest BCUT2D eigenvalue weighted by atomic mass is 19.4. The van der Waals surface area contributed by atoms with Crippen LogP contribution in [0.1, 0.15) is 53.4 Å². The SMILES string of the molecule is CC1=CC(/C=C/c2cc3c4c(c2)CCCN4CCC3)=[N+]2C1=Cc1c(C)cc(C)n1[B-]2(F)C(F)(F)F. The Morgan fingerprint density at radius 2 is 1.60 bits per heavy atom. The van der Waals surface area contributed by atoms with Gasteiger partial charge in [-0.15, -0.1) is 0 Å². The summed E-state index contributed by atoms with van der Waals surface area (Å²) in [7, 11) is 0. The fourth-order valence-corrected chi connectivity index (χ4v) is 6.51. The van der Waals surface area contributed by atoms with E-state index in [4.69, 9.17) is 0 Å². The Morgan fingerprint density at radius 1 is 0.943 bits per heavy atom. The van der Waals surface area contributed by atoms with E-state index in [9.17, 15) is 13.2 Å². The van der Waals surface area contributed by atoms with Gasteiger partial charge in [0.15, 0.2) is 11.4 Å². The molecule has 0 spiro atoms. The monoisotopic (exact) mass is 481 g/mol. The highest BCUT2D eigenvalue weighted by Gasteiger charge is 2.69. The normalized spacial score (nSPS) is 23.3. The molecule has 1 aromatic carbocycles. The van der Waals surface area contributed by atoms with Crippen LogP contribution >= 0.6 is 0 Å². The van der Waals surface area contributed by atoms with Crippen molar-refractivity contribution in [2.45, 2.75) is 52.5 Å².